The minimum absolute atomic E-state index is 0.281. The van der Waals surface area contributed by atoms with E-state index < -0.39 is 0 Å². The fourth-order valence-electron chi connectivity index (χ4n) is 1.68. The van der Waals surface area contributed by atoms with Gasteiger partial charge >= 0.3 is 0 Å². The Kier molecular flexibility index (Phi) is 2.30. The van der Waals surface area contributed by atoms with Gasteiger partial charge in [-0.25, -0.2) is 0 Å². The van der Waals surface area contributed by atoms with Crippen molar-refractivity contribution in [2.45, 2.75) is 38.1 Å². The van der Waals surface area contributed by atoms with E-state index in [2.05, 4.69) is 12.6 Å². The second-order valence-electron chi connectivity index (χ2n) is 4.57. The van der Waals surface area contributed by atoms with E-state index in [1.807, 2.05) is 11.9 Å². The molecule has 2 aliphatic carbocycles. The fraction of sp³-hybridized carbons (Fsp3) is 0.900. The SMILES string of the molecule is CN(C(=O)CC1(CS)CC1)C1CC1. The largest absolute Gasteiger partial charge is 0.343 e. The van der Waals surface area contributed by atoms with Crippen molar-refractivity contribution in [2.24, 2.45) is 5.41 Å². The third-order valence-corrected chi connectivity index (χ3v) is 3.98. The lowest BCUT2D eigenvalue weighted by Crippen LogP contribution is -2.31. The molecule has 74 valence electrons. The standard InChI is InChI=1S/C10H17NOS/c1-11(8-2-3-8)9(12)6-10(7-13)4-5-10/h8,13H,2-7H2,1H3. The van der Waals surface area contributed by atoms with E-state index in [0.29, 0.717) is 11.9 Å². The molecule has 0 aromatic rings. The van der Waals surface area contributed by atoms with E-state index in [4.69, 9.17) is 0 Å². The molecular weight excluding hydrogens is 182 g/mol. The molecule has 0 radical (unpaired) electrons. The molecule has 2 nitrogen and oxygen atoms in total. The van der Waals surface area contributed by atoms with Gasteiger partial charge in [0, 0.05) is 19.5 Å². The third-order valence-electron chi connectivity index (χ3n) is 3.31. The number of rotatable bonds is 4. The van der Waals surface area contributed by atoms with Gasteiger partial charge in [0.1, 0.15) is 0 Å². The minimum Gasteiger partial charge on any atom is -0.343 e. The molecule has 0 aliphatic heterocycles. The molecule has 0 aromatic carbocycles. The third kappa shape index (κ3) is 2.01. The van der Waals surface area contributed by atoms with Crippen LogP contribution in [0.15, 0.2) is 0 Å². The second kappa shape index (κ2) is 3.19. The molecule has 2 aliphatic rings. The molecule has 3 heteroatoms. The van der Waals surface area contributed by atoms with Gasteiger partial charge in [-0.3, -0.25) is 4.79 Å². The van der Waals surface area contributed by atoms with Crippen molar-refractivity contribution in [2.75, 3.05) is 12.8 Å². The summed E-state index contributed by atoms with van der Waals surface area (Å²) in [5.74, 6) is 1.20. The van der Waals surface area contributed by atoms with Crippen LogP contribution < -0.4 is 0 Å². The van der Waals surface area contributed by atoms with Crippen LogP contribution in [0.5, 0.6) is 0 Å². The summed E-state index contributed by atoms with van der Waals surface area (Å²) >= 11 is 4.30. The number of carbonyl (C=O) groups excluding carboxylic acids is 1. The fourth-order valence-corrected chi connectivity index (χ4v) is 2.11. The van der Waals surface area contributed by atoms with Crippen LogP contribution in [0.4, 0.5) is 0 Å². The maximum absolute atomic E-state index is 11.7. The lowest BCUT2D eigenvalue weighted by Gasteiger charge is -2.19. The van der Waals surface area contributed by atoms with Crippen LogP contribution in [0.3, 0.4) is 0 Å². The highest BCUT2D eigenvalue weighted by Crippen LogP contribution is 2.50. The first kappa shape index (κ1) is 9.38. The van der Waals surface area contributed by atoms with Crippen molar-refractivity contribution in [3.05, 3.63) is 0 Å². The average molecular weight is 199 g/mol. The summed E-state index contributed by atoms with van der Waals surface area (Å²) < 4.78 is 0. The lowest BCUT2D eigenvalue weighted by molar-refractivity contribution is -0.131. The summed E-state index contributed by atoms with van der Waals surface area (Å²) in [4.78, 5) is 13.7. The molecule has 13 heavy (non-hydrogen) atoms. The predicted molar refractivity (Wildman–Crippen MR) is 55.9 cm³/mol. The van der Waals surface area contributed by atoms with E-state index in [9.17, 15) is 4.79 Å². The summed E-state index contributed by atoms with van der Waals surface area (Å²) in [5, 5.41) is 0. The molecule has 0 bridgehead atoms. The van der Waals surface area contributed by atoms with Crippen LogP contribution in [0.25, 0.3) is 0 Å². The summed E-state index contributed by atoms with van der Waals surface area (Å²) in [6.07, 6.45) is 5.53. The van der Waals surface area contributed by atoms with Crippen molar-refractivity contribution in [3.63, 3.8) is 0 Å². The van der Waals surface area contributed by atoms with Crippen molar-refractivity contribution < 1.29 is 4.79 Å². The zero-order chi connectivity index (χ0) is 9.47. The highest BCUT2D eigenvalue weighted by molar-refractivity contribution is 7.80. The molecule has 0 aromatic heterocycles. The maximum atomic E-state index is 11.7. The smallest absolute Gasteiger partial charge is 0.223 e. The van der Waals surface area contributed by atoms with Gasteiger partial charge in [0.05, 0.1) is 0 Å². The van der Waals surface area contributed by atoms with Gasteiger partial charge in [-0.05, 0) is 36.9 Å². The van der Waals surface area contributed by atoms with Gasteiger partial charge in [-0.2, -0.15) is 12.6 Å². The highest BCUT2D eigenvalue weighted by atomic mass is 32.1. The number of amides is 1. The maximum Gasteiger partial charge on any atom is 0.223 e. The Labute approximate surface area is 85.1 Å². The highest BCUT2D eigenvalue weighted by Gasteiger charge is 2.44. The van der Waals surface area contributed by atoms with Gasteiger partial charge in [0.2, 0.25) is 5.91 Å². The average Bonchev–Trinajstić information content (AvgIpc) is 2.99. The first-order chi connectivity index (χ1) is 6.17. The lowest BCUT2D eigenvalue weighted by atomic mass is 10.0. The van der Waals surface area contributed by atoms with Gasteiger partial charge in [0.15, 0.2) is 0 Å². The number of carbonyl (C=O) groups is 1. The van der Waals surface area contributed by atoms with E-state index in [1.54, 1.807) is 0 Å². The molecule has 1 amide bonds. The molecule has 2 fully saturated rings. The van der Waals surface area contributed by atoms with Gasteiger partial charge in [-0.15, -0.1) is 0 Å². The van der Waals surface area contributed by atoms with Crippen molar-refractivity contribution in [1.82, 2.24) is 4.90 Å². The van der Waals surface area contributed by atoms with Crippen molar-refractivity contribution in [3.8, 4) is 0 Å². The summed E-state index contributed by atoms with van der Waals surface area (Å²) in [7, 11) is 1.94. The molecule has 0 unspecified atom stereocenters. The molecule has 0 saturated heterocycles. The summed E-state index contributed by atoms with van der Waals surface area (Å²) in [5.41, 5.74) is 0.281. The van der Waals surface area contributed by atoms with E-state index in [-0.39, 0.29) is 5.41 Å². The van der Waals surface area contributed by atoms with Crippen LogP contribution in [0.2, 0.25) is 0 Å². The molecule has 0 heterocycles. The first-order valence-corrected chi connectivity index (χ1v) is 5.67. The Morgan fingerprint density at radius 2 is 2.15 bits per heavy atom. The number of hydrogen-bond donors (Lipinski definition) is 1. The van der Waals surface area contributed by atoms with Crippen LogP contribution >= 0.6 is 12.6 Å². The Morgan fingerprint density at radius 1 is 1.54 bits per heavy atom. The van der Waals surface area contributed by atoms with Gasteiger partial charge in [0.25, 0.3) is 0 Å². The Bertz CT molecular complexity index is 221. The zero-order valence-electron chi connectivity index (χ0n) is 8.12. The Hall–Kier alpha value is -0.180. The Balaban J connectivity index is 1.83. The van der Waals surface area contributed by atoms with E-state index in [1.165, 1.54) is 25.7 Å². The van der Waals surface area contributed by atoms with Crippen molar-refractivity contribution >= 4 is 18.5 Å². The molecule has 0 N–H and O–H groups in total. The number of hydrogen-bond acceptors (Lipinski definition) is 2. The van der Waals surface area contributed by atoms with Crippen LogP contribution in [0.1, 0.15) is 32.1 Å². The number of nitrogens with zero attached hydrogens (tertiary/aromatic N) is 1. The topological polar surface area (TPSA) is 20.3 Å². The molecule has 2 saturated carbocycles. The number of thiol groups is 1. The van der Waals surface area contributed by atoms with Crippen LogP contribution in [0, 0.1) is 5.41 Å². The minimum atomic E-state index is 0.281. The molecule has 0 spiro atoms. The second-order valence-corrected chi connectivity index (χ2v) is 4.89. The van der Waals surface area contributed by atoms with E-state index >= 15 is 0 Å². The monoisotopic (exact) mass is 199 g/mol. The zero-order valence-corrected chi connectivity index (χ0v) is 9.02. The molecule has 2 rings (SSSR count). The van der Waals surface area contributed by atoms with Gasteiger partial charge in [-0.1, -0.05) is 0 Å². The van der Waals surface area contributed by atoms with Gasteiger partial charge < -0.3 is 4.90 Å². The van der Waals surface area contributed by atoms with Crippen LogP contribution in [-0.2, 0) is 4.79 Å². The molecule has 0 atom stereocenters. The van der Waals surface area contributed by atoms with E-state index in [0.717, 1.165) is 12.2 Å². The first-order valence-electron chi connectivity index (χ1n) is 5.03. The summed E-state index contributed by atoms with van der Waals surface area (Å²) in [6, 6.07) is 0.559. The van der Waals surface area contributed by atoms with Crippen LogP contribution in [-0.4, -0.2) is 29.6 Å². The quantitative estimate of drug-likeness (QED) is 0.683. The molecular formula is C10H17NOS. The van der Waals surface area contributed by atoms with Crippen molar-refractivity contribution in [1.29, 1.82) is 0 Å². The normalized spacial score (nSPS) is 24.2. The Morgan fingerprint density at radius 3 is 2.54 bits per heavy atom. The predicted octanol–water partition coefficient (Wildman–Crippen LogP) is 1.71. The summed E-state index contributed by atoms with van der Waals surface area (Å²) in [6.45, 7) is 0.